The Morgan fingerprint density at radius 2 is 1.88 bits per heavy atom. The summed E-state index contributed by atoms with van der Waals surface area (Å²) >= 11 is 5.84. The van der Waals surface area contributed by atoms with Gasteiger partial charge in [-0.15, -0.1) is 0 Å². The summed E-state index contributed by atoms with van der Waals surface area (Å²) in [7, 11) is 0. The Morgan fingerprint density at radius 1 is 1.16 bits per heavy atom. The highest BCUT2D eigenvalue weighted by Gasteiger charge is 2.12. The molecule has 0 saturated carbocycles. The Morgan fingerprint density at radius 3 is 2.52 bits per heavy atom. The molecule has 0 heterocycles. The first-order chi connectivity index (χ1) is 12.0. The molecule has 2 aromatic rings. The number of amides is 1. The SMILES string of the molecule is CCCOc1ccc(CCC(=O)O)cc1NC(=O)c1ccc(Cl)cc1. The normalized spacial score (nSPS) is 10.3. The second-order valence-corrected chi connectivity index (χ2v) is 5.97. The average molecular weight is 362 g/mol. The monoisotopic (exact) mass is 361 g/mol. The molecule has 0 bridgehead atoms. The van der Waals surface area contributed by atoms with Gasteiger partial charge in [-0.3, -0.25) is 9.59 Å². The van der Waals surface area contributed by atoms with Crippen LogP contribution in [0, 0.1) is 0 Å². The van der Waals surface area contributed by atoms with E-state index in [-0.39, 0.29) is 12.3 Å². The third-order valence-electron chi connectivity index (χ3n) is 3.49. The lowest BCUT2D eigenvalue weighted by Gasteiger charge is -2.14. The summed E-state index contributed by atoms with van der Waals surface area (Å²) in [4.78, 5) is 23.2. The number of carboxylic acids is 1. The topological polar surface area (TPSA) is 75.6 Å². The van der Waals surface area contributed by atoms with E-state index in [2.05, 4.69) is 5.32 Å². The zero-order valence-corrected chi connectivity index (χ0v) is 14.7. The number of aliphatic carboxylic acids is 1. The molecule has 0 unspecified atom stereocenters. The maximum Gasteiger partial charge on any atom is 0.303 e. The van der Waals surface area contributed by atoms with Crippen LogP contribution in [0.5, 0.6) is 5.75 Å². The van der Waals surface area contributed by atoms with Gasteiger partial charge in [0.05, 0.1) is 12.3 Å². The number of anilines is 1. The fourth-order valence-corrected chi connectivity index (χ4v) is 2.34. The molecule has 0 aromatic heterocycles. The standard InChI is InChI=1S/C19H20ClNO4/c1-2-11-25-17-9-3-13(4-10-18(22)23)12-16(17)21-19(24)14-5-7-15(20)8-6-14/h3,5-9,12H,2,4,10-11H2,1H3,(H,21,24)(H,22,23). The Labute approximate surface area is 151 Å². The van der Waals surface area contributed by atoms with Gasteiger partial charge in [-0.25, -0.2) is 0 Å². The maximum absolute atomic E-state index is 12.4. The summed E-state index contributed by atoms with van der Waals surface area (Å²) in [5, 5.41) is 12.2. The molecule has 0 aliphatic heterocycles. The third kappa shape index (κ3) is 5.80. The second-order valence-electron chi connectivity index (χ2n) is 5.53. The summed E-state index contributed by atoms with van der Waals surface area (Å²) in [5.74, 6) is -0.588. The number of halogens is 1. The van der Waals surface area contributed by atoms with Gasteiger partial charge in [0.1, 0.15) is 5.75 Å². The van der Waals surface area contributed by atoms with Gasteiger partial charge in [-0.1, -0.05) is 24.6 Å². The van der Waals surface area contributed by atoms with Gasteiger partial charge < -0.3 is 15.2 Å². The molecule has 0 radical (unpaired) electrons. The number of rotatable bonds is 8. The highest BCUT2D eigenvalue weighted by atomic mass is 35.5. The summed E-state index contributed by atoms with van der Waals surface area (Å²) in [6.45, 7) is 2.52. The van der Waals surface area contributed by atoms with Crippen LogP contribution in [-0.4, -0.2) is 23.6 Å². The van der Waals surface area contributed by atoms with E-state index >= 15 is 0 Å². The molecule has 2 aromatic carbocycles. The number of aryl methyl sites for hydroxylation is 1. The van der Waals surface area contributed by atoms with Gasteiger partial charge in [-0.05, 0) is 54.8 Å². The Balaban J connectivity index is 2.21. The first-order valence-electron chi connectivity index (χ1n) is 8.04. The van der Waals surface area contributed by atoms with Crippen molar-refractivity contribution >= 4 is 29.2 Å². The Kier molecular flexibility index (Phi) is 6.83. The van der Waals surface area contributed by atoms with E-state index in [4.69, 9.17) is 21.4 Å². The molecule has 0 fully saturated rings. The van der Waals surface area contributed by atoms with Crippen LogP contribution >= 0.6 is 11.6 Å². The van der Waals surface area contributed by atoms with Crippen molar-refractivity contribution in [2.45, 2.75) is 26.2 Å². The molecule has 0 spiro atoms. The van der Waals surface area contributed by atoms with Gasteiger partial charge in [0, 0.05) is 17.0 Å². The van der Waals surface area contributed by atoms with Gasteiger partial charge in [0.2, 0.25) is 0 Å². The molecule has 25 heavy (non-hydrogen) atoms. The molecular weight excluding hydrogens is 342 g/mol. The predicted molar refractivity (Wildman–Crippen MR) is 97.6 cm³/mol. The predicted octanol–water partition coefficient (Wildman–Crippen LogP) is 4.40. The van der Waals surface area contributed by atoms with Crippen molar-refractivity contribution in [3.05, 3.63) is 58.6 Å². The molecule has 2 rings (SSSR count). The van der Waals surface area contributed by atoms with E-state index in [0.29, 0.717) is 35.1 Å². The Bertz CT molecular complexity index is 744. The fraction of sp³-hybridized carbons (Fsp3) is 0.263. The number of hydrogen-bond acceptors (Lipinski definition) is 3. The number of carboxylic acid groups (broad SMARTS) is 1. The van der Waals surface area contributed by atoms with Crippen molar-refractivity contribution in [3.63, 3.8) is 0 Å². The molecule has 0 atom stereocenters. The second kappa shape index (κ2) is 9.08. The van der Waals surface area contributed by atoms with Crippen LogP contribution in [0.15, 0.2) is 42.5 Å². The van der Waals surface area contributed by atoms with Gasteiger partial charge >= 0.3 is 5.97 Å². The van der Waals surface area contributed by atoms with Crippen LogP contribution in [0.2, 0.25) is 5.02 Å². The number of carbonyl (C=O) groups is 2. The molecule has 0 saturated heterocycles. The smallest absolute Gasteiger partial charge is 0.303 e. The maximum atomic E-state index is 12.4. The summed E-state index contributed by atoms with van der Waals surface area (Å²) in [6, 6.07) is 11.9. The number of nitrogens with one attached hydrogen (secondary N) is 1. The van der Waals surface area contributed by atoms with E-state index < -0.39 is 5.97 Å². The van der Waals surface area contributed by atoms with Gasteiger partial charge in [0.15, 0.2) is 0 Å². The van der Waals surface area contributed by atoms with Gasteiger partial charge in [-0.2, -0.15) is 0 Å². The van der Waals surface area contributed by atoms with E-state index in [1.165, 1.54) is 0 Å². The largest absolute Gasteiger partial charge is 0.491 e. The Hall–Kier alpha value is -2.53. The molecule has 6 heteroatoms. The summed E-state index contributed by atoms with van der Waals surface area (Å²) in [6.07, 6.45) is 1.25. The number of benzene rings is 2. The highest BCUT2D eigenvalue weighted by molar-refractivity contribution is 6.30. The molecular formula is C19H20ClNO4. The van der Waals surface area contributed by atoms with E-state index in [0.717, 1.165) is 12.0 Å². The lowest BCUT2D eigenvalue weighted by atomic mass is 10.1. The molecule has 0 aliphatic carbocycles. The minimum Gasteiger partial charge on any atom is -0.491 e. The van der Waals surface area contributed by atoms with Crippen LogP contribution in [0.3, 0.4) is 0 Å². The van der Waals surface area contributed by atoms with Crippen LogP contribution in [0.1, 0.15) is 35.7 Å². The minimum absolute atomic E-state index is 0.0275. The summed E-state index contributed by atoms with van der Waals surface area (Å²) in [5.41, 5.74) is 1.82. The third-order valence-corrected chi connectivity index (χ3v) is 3.74. The van der Waals surface area contributed by atoms with Crippen molar-refractivity contribution in [3.8, 4) is 5.75 Å². The van der Waals surface area contributed by atoms with Crippen LogP contribution < -0.4 is 10.1 Å². The molecule has 0 aliphatic rings. The van der Waals surface area contributed by atoms with E-state index in [1.54, 1.807) is 36.4 Å². The molecule has 132 valence electrons. The minimum atomic E-state index is -0.863. The summed E-state index contributed by atoms with van der Waals surface area (Å²) < 4.78 is 5.67. The average Bonchev–Trinajstić information content (AvgIpc) is 2.59. The molecule has 2 N–H and O–H groups in total. The quantitative estimate of drug-likeness (QED) is 0.730. The van der Waals surface area contributed by atoms with Crippen molar-refractivity contribution < 1.29 is 19.4 Å². The first kappa shape index (κ1) is 18.8. The molecule has 1 amide bonds. The van der Waals surface area contributed by atoms with Gasteiger partial charge in [0.25, 0.3) is 5.91 Å². The fourth-order valence-electron chi connectivity index (χ4n) is 2.22. The zero-order valence-electron chi connectivity index (χ0n) is 13.9. The number of ether oxygens (including phenoxy) is 1. The van der Waals surface area contributed by atoms with Crippen molar-refractivity contribution in [1.29, 1.82) is 0 Å². The van der Waals surface area contributed by atoms with Crippen molar-refractivity contribution in [2.24, 2.45) is 0 Å². The van der Waals surface area contributed by atoms with E-state index in [9.17, 15) is 9.59 Å². The molecule has 5 nitrogen and oxygen atoms in total. The highest BCUT2D eigenvalue weighted by Crippen LogP contribution is 2.27. The lowest BCUT2D eigenvalue weighted by Crippen LogP contribution is -2.13. The number of hydrogen-bond donors (Lipinski definition) is 2. The van der Waals surface area contributed by atoms with Crippen LogP contribution in [-0.2, 0) is 11.2 Å². The van der Waals surface area contributed by atoms with Crippen molar-refractivity contribution in [1.82, 2.24) is 0 Å². The van der Waals surface area contributed by atoms with E-state index in [1.807, 2.05) is 13.0 Å². The van der Waals surface area contributed by atoms with Crippen LogP contribution in [0.4, 0.5) is 5.69 Å². The number of carbonyl (C=O) groups excluding carboxylic acids is 1. The van der Waals surface area contributed by atoms with Crippen LogP contribution in [0.25, 0.3) is 0 Å². The van der Waals surface area contributed by atoms with Crippen molar-refractivity contribution in [2.75, 3.05) is 11.9 Å². The zero-order chi connectivity index (χ0) is 18.2. The first-order valence-corrected chi connectivity index (χ1v) is 8.42. The lowest BCUT2D eigenvalue weighted by molar-refractivity contribution is -0.136.